The number of aromatic amines is 1. The van der Waals surface area contributed by atoms with Gasteiger partial charge >= 0.3 is 5.97 Å². The van der Waals surface area contributed by atoms with Crippen LogP contribution in [-0.4, -0.2) is 28.0 Å². The number of hydrogen-bond acceptors (Lipinski definition) is 2. The predicted octanol–water partition coefficient (Wildman–Crippen LogP) is 2.40. The fourth-order valence-electron chi connectivity index (χ4n) is 2.12. The van der Waals surface area contributed by atoms with E-state index < -0.39 is 12.0 Å². The first-order chi connectivity index (χ1) is 9.47. The summed E-state index contributed by atoms with van der Waals surface area (Å²) in [7, 11) is 0. The molecule has 1 heterocycles. The van der Waals surface area contributed by atoms with Gasteiger partial charge in [0.25, 0.3) is 5.91 Å². The lowest BCUT2D eigenvalue weighted by molar-refractivity contribution is -0.139. The van der Waals surface area contributed by atoms with Crippen LogP contribution >= 0.6 is 0 Å². The quantitative estimate of drug-likeness (QED) is 0.783. The van der Waals surface area contributed by atoms with Gasteiger partial charge < -0.3 is 15.4 Å². The van der Waals surface area contributed by atoms with Crippen LogP contribution in [0, 0.1) is 5.92 Å². The van der Waals surface area contributed by atoms with Crippen molar-refractivity contribution >= 4 is 22.8 Å². The van der Waals surface area contributed by atoms with E-state index in [1.165, 1.54) is 0 Å². The second-order valence-electron chi connectivity index (χ2n) is 5.27. The maximum absolute atomic E-state index is 12.1. The molecule has 0 spiro atoms. The second-order valence-corrected chi connectivity index (χ2v) is 5.27. The van der Waals surface area contributed by atoms with Crippen LogP contribution in [0.15, 0.2) is 30.5 Å². The molecule has 2 rings (SSSR count). The number of rotatable bonds is 5. The molecule has 0 fully saturated rings. The molecule has 5 heteroatoms. The number of H-pyrrole nitrogens is 1. The first-order valence-corrected chi connectivity index (χ1v) is 6.58. The van der Waals surface area contributed by atoms with E-state index in [0.717, 1.165) is 10.9 Å². The van der Waals surface area contributed by atoms with Crippen molar-refractivity contribution in [3.63, 3.8) is 0 Å². The Balaban J connectivity index is 2.15. The molecule has 1 aromatic heterocycles. The molecule has 0 aliphatic rings. The van der Waals surface area contributed by atoms with Crippen molar-refractivity contribution in [3.05, 3.63) is 36.0 Å². The molecule has 1 atom stereocenters. The first-order valence-electron chi connectivity index (χ1n) is 6.58. The Bertz CT molecular complexity index is 631. The van der Waals surface area contributed by atoms with Crippen molar-refractivity contribution in [3.8, 4) is 0 Å². The molecule has 0 saturated heterocycles. The van der Waals surface area contributed by atoms with Gasteiger partial charge in [-0.1, -0.05) is 19.9 Å². The fourth-order valence-corrected chi connectivity index (χ4v) is 2.12. The molecule has 1 amide bonds. The molecule has 0 bridgehead atoms. The molecule has 0 aliphatic carbocycles. The Hall–Kier alpha value is -2.30. The zero-order valence-corrected chi connectivity index (χ0v) is 11.5. The summed E-state index contributed by atoms with van der Waals surface area (Å²) in [5.41, 5.74) is 1.31. The average molecular weight is 274 g/mol. The number of carbonyl (C=O) groups excluding carboxylic acids is 1. The van der Waals surface area contributed by atoms with Gasteiger partial charge in [0.1, 0.15) is 6.04 Å². The molecule has 3 N–H and O–H groups in total. The maximum atomic E-state index is 12.1. The van der Waals surface area contributed by atoms with E-state index in [1.54, 1.807) is 18.3 Å². The largest absolute Gasteiger partial charge is 0.480 e. The maximum Gasteiger partial charge on any atom is 0.326 e. The SMILES string of the molecule is CC(C)CC(NC(=O)c1ccc2cc[nH]c2c1)C(=O)O. The lowest BCUT2D eigenvalue weighted by atomic mass is 10.0. The highest BCUT2D eigenvalue weighted by Gasteiger charge is 2.21. The van der Waals surface area contributed by atoms with Gasteiger partial charge in [0, 0.05) is 17.3 Å². The molecule has 0 aliphatic heterocycles. The Labute approximate surface area is 117 Å². The predicted molar refractivity (Wildman–Crippen MR) is 76.6 cm³/mol. The van der Waals surface area contributed by atoms with Crippen molar-refractivity contribution in [1.82, 2.24) is 10.3 Å². The summed E-state index contributed by atoms with van der Waals surface area (Å²) in [6, 6.07) is 6.30. The molecule has 1 aromatic carbocycles. The number of carboxylic acids is 1. The first kappa shape index (κ1) is 14.1. The third-order valence-electron chi connectivity index (χ3n) is 3.13. The van der Waals surface area contributed by atoms with Crippen LogP contribution in [0.4, 0.5) is 0 Å². The third kappa shape index (κ3) is 3.17. The molecular formula is C15H18N2O3. The summed E-state index contributed by atoms with van der Waals surface area (Å²) in [5, 5.41) is 12.7. The monoisotopic (exact) mass is 274 g/mol. The van der Waals surface area contributed by atoms with Crippen LogP contribution in [0.2, 0.25) is 0 Å². The minimum absolute atomic E-state index is 0.197. The van der Waals surface area contributed by atoms with Crippen LogP contribution in [-0.2, 0) is 4.79 Å². The van der Waals surface area contributed by atoms with Gasteiger partial charge in [-0.2, -0.15) is 0 Å². The summed E-state index contributed by atoms with van der Waals surface area (Å²) in [5.74, 6) is -1.18. The van der Waals surface area contributed by atoms with E-state index in [1.807, 2.05) is 26.0 Å². The molecule has 1 unspecified atom stereocenters. The number of aromatic nitrogens is 1. The van der Waals surface area contributed by atoms with E-state index in [-0.39, 0.29) is 11.8 Å². The summed E-state index contributed by atoms with van der Waals surface area (Å²) in [6.45, 7) is 3.85. The minimum Gasteiger partial charge on any atom is -0.480 e. The number of nitrogens with one attached hydrogen (secondary N) is 2. The van der Waals surface area contributed by atoms with E-state index in [2.05, 4.69) is 10.3 Å². The summed E-state index contributed by atoms with van der Waals surface area (Å²) in [4.78, 5) is 26.3. The van der Waals surface area contributed by atoms with Gasteiger partial charge in [-0.15, -0.1) is 0 Å². The van der Waals surface area contributed by atoms with E-state index in [0.29, 0.717) is 12.0 Å². The Morgan fingerprint density at radius 2 is 2.05 bits per heavy atom. The van der Waals surface area contributed by atoms with Crippen molar-refractivity contribution in [2.45, 2.75) is 26.3 Å². The van der Waals surface area contributed by atoms with Crippen LogP contribution in [0.25, 0.3) is 10.9 Å². The number of benzene rings is 1. The van der Waals surface area contributed by atoms with E-state index in [9.17, 15) is 9.59 Å². The van der Waals surface area contributed by atoms with E-state index in [4.69, 9.17) is 5.11 Å². The van der Waals surface area contributed by atoms with Gasteiger partial charge in [0.2, 0.25) is 0 Å². The number of amides is 1. The highest BCUT2D eigenvalue weighted by atomic mass is 16.4. The van der Waals surface area contributed by atoms with Gasteiger partial charge in [-0.3, -0.25) is 4.79 Å². The topological polar surface area (TPSA) is 82.2 Å². The molecule has 106 valence electrons. The molecule has 2 aromatic rings. The molecule has 0 radical (unpaired) electrons. The molecule has 20 heavy (non-hydrogen) atoms. The van der Waals surface area contributed by atoms with Gasteiger partial charge in [0.15, 0.2) is 0 Å². The van der Waals surface area contributed by atoms with Crippen LogP contribution in [0.3, 0.4) is 0 Å². The van der Waals surface area contributed by atoms with Crippen LogP contribution < -0.4 is 5.32 Å². The van der Waals surface area contributed by atoms with Crippen molar-refractivity contribution in [2.75, 3.05) is 0 Å². The Morgan fingerprint density at radius 1 is 1.30 bits per heavy atom. The zero-order valence-electron chi connectivity index (χ0n) is 11.5. The van der Waals surface area contributed by atoms with Gasteiger partial charge in [0.05, 0.1) is 0 Å². The normalized spacial score (nSPS) is 12.6. The van der Waals surface area contributed by atoms with E-state index >= 15 is 0 Å². The second kappa shape index (κ2) is 5.77. The number of hydrogen-bond donors (Lipinski definition) is 3. The standard InChI is InChI=1S/C15H18N2O3/c1-9(2)7-13(15(19)20)17-14(18)11-4-3-10-5-6-16-12(10)8-11/h3-6,8-9,13,16H,7H2,1-2H3,(H,17,18)(H,19,20). The van der Waals surface area contributed by atoms with Gasteiger partial charge in [-0.05, 0) is 35.9 Å². The smallest absolute Gasteiger partial charge is 0.326 e. The van der Waals surface area contributed by atoms with Crippen molar-refractivity contribution < 1.29 is 14.7 Å². The lowest BCUT2D eigenvalue weighted by Gasteiger charge is -2.16. The number of aliphatic carboxylic acids is 1. The van der Waals surface area contributed by atoms with Crippen LogP contribution in [0.5, 0.6) is 0 Å². The van der Waals surface area contributed by atoms with Crippen molar-refractivity contribution in [2.24, 2.45) is 5.92 Å². The highest BCUT2D eigenvalue weighted by Crippen LogP contribution is 2.14. The number of fused-ring (bicyclic) bond motifs is 1. The Morgan fingerprint density at radius 3 is 2.70 bits per heavy atom. The average Bonchev–Trinajstić information content (AvgIpc) is 2.84. The highest BCUT2D eigenvalue weighted by molar-refractivity contribution is 5.99. The number of carbonyl (C=O) groups is 2. The number of carboxylic acid groups (broad SMARTS) is 1. The summed E-state index contributed by atoms with van der Waals surface area (Å²) >= 11 is 0. The molecule has 5 nitrogen and oxygen atoms in total. The lowest BCUT2D eigenvalue weighted by Crippen LogP contribution is -2.41. The Kier molecular flexibility index (Phi) is 4.08. The van der Waals surface area contributed by atoms with Gasteiger partial charge in [-0.25, -0.2) is 4.79 Å². The molecular weight excluding hydrogens is 256 g/mol. The minimum atomic E-state index is -1.01. The summed E-state index contributed by atoms with van der Waals surface area (Å²) in [6.07, 6.45) is 2.21. The third-order valence-corrected chi connectivity index (χ3v) is 3.13. The van der Waals surface area contributed by atoms with Crippen LogP contribution in [0.1, 0.15) is 30.6 Å². The zero-order chi connectivity index (χ0) is 14.7. The van der Waals surface area contributed by atoms with Crippen molar-refractivity contribution in [1.29, 1.82) is 0 Å². The fraction of sp³-hybridized carbons (Fsp3) is 0.333. The molecule has 0 saturated carbocycles. The summed E-state index contributed by atoms with van der Waals surface area (Å²) < 4.78 is 0.